The normalized spacial score (nSPS) is 12.2. The van der Waals surface area contributed by atoms with Crippen LogP contribution in [0.4, 0.5) is 0 Å². The van der Waals surface area contributed by atoms with Crippen molar-refractivity contribution in [2.75, 3.05) is 7.11 Å². The molecule has 3 heteroatoms. The number of aromatic nitrogens is 1. The van der Waals surface area contributed by atoms with E-state index in [0.29, 0.717) is 6.42 Å². The lowest BCUT2D eigenvalue weighted by atomic mass is 10.0. The molecule has 0 spiro atoms. The van der Waals surface area contributed by atoms with Crippen molar-refractivity contribution in [2.24, 2.45) is 0 Å². The molecule has 0 radical (unpaired) electrons. The molecule has 1 N–H and O–H groups in total. The van der Waals surface area contributed by atoms with Gasteiger partial charge in [0.15, 0.2) is 0 Å². The zero-order chi connectivity index (χ0) is 13.0. The summed E-state index contributed by atoms with van der Waals surface area (Å²) in [6, 6.07) is 11.4. The molecule has 0 bridgehead atoms. The maximum Gasteiger partial charge on any atom is 0.121 e. The SMILES string of the molecule is COc1ccc(C(O)Cc2ccccn2)cc1C. The van der Waals surface area contributed by atoms with E-state index in [4.69, 9.17) is 4.74 Å². The molecule has 1 atom stereocenters. The summed E-state index contributed by atoms with van der Waals surface area (Å²) in [6.45, 7) is 1.97. The highest BCUT2D eigenvalue weighted by atomic mass is 16.5. The van der Waals surface area contributed by atoms with Crippen LogP contribution in [0.3, 0.4) is 0 Å². The minimum atomic E-state index is -0.537. The highest BCUT2D eigenvalue weighted by Gasteiger charge is 2.10. The van der Waals surface area contributed by atoms with Crippen molar-refractivity contribution in [1.82, 2.24) is 4.98 Å². The molecule has 2 rings (SSSR count). The topological polar surface area (TPSA) is 42.4 Å². The summed E-state index contributed by atoms with van der Waals surface area (Å²) in [4.78, 5) is 4.22. The number of hydrogen-bond acceptors (Lipinski definition) is 3. The number of aliphatic hydroxyl groups excluding tert-OH is 1. The third-order valence-corrected chi connectivity index (χ3v) is 2.93. The van der Waals surface area contributed by atoms with Crippen molar-refractivity contribution in [1.29, 1.82) is 0 Å². The Morgan fingerprint density at radius 2 is 2.11 bits per heavy atom. The molecule has 0 aliphatic carbocycles. The van der Waals surface area contributed by atoms with E-state index in [1.54, 1.807) is 13.3 Å². The van der Waals surface area contributed by atoms with E-state index in [-0.39, 0.29) is 0 Å². The number of methoxy groups -OCH3 is 1. The van der Waals surface area contributed by atoms with Crippen LogP contribution in [0.1, 0.15) is 22.9 Å². The zero-order valence-corrected chi connectivity index (χ0v) is 10.6. The zero-order valence-electron chi connectivity index (χ0n) is 10.6. The van der Waals surface area contributed by atoms with Gasteiger partial charge in [-0.15, -0.1) is 0 Å². The molecule has 0 aliphatic heterocycles. The molecule has 1 unspecified atom stereocenters. The molecule has 0 aliphatic rings. The standard InChI is InChI=1S/C15H17NO2/c1-11-9-12(6-7-15(11)18-2)14(17)10-13-5-3-4-8-16-13/h3-9,14,17H,10H2,1-2H3. The second kappa shape index (κ2) is 5.65. The van der Waals surface area contributed by atoms with E-state index in [9.17, 15) is 5.11 Å². The average molecular weight is 243 g/mol. The van der Waals surface area contributed by atoms with Crippen molar-refractivity contribution in [3.63, 3.8) is 0 Å². The molecule has 0 saturated heterocycles. The van der Waals surface area contributed by atoms with Crippen LogP contribution in [-0.2, 0) is 6.42 Å². The van der Waals surface area contributed by atoms with E-state index in [1.807, 2.05) is 43.3 Å². The summed E-state index contributed by atoms with van der Waals surface area (Å²) < 4.78 is 5.20. The van der Waals surface area contributed by atoms with E-state index in [1.165, 1.54) is 0 Å². The third-order valence-electron chi connectivity index (χ3n) is 2.93. The number of pyridine rings is 1. The van der Waals surface area contributed by atoms with Gasteiger partial charge in [-0.1, -0.05) is 12.1 Å². The van der Waals surface area contributed by atoms with E-state index in [0.717, 1.165) is 22.6 Å². The Bertz CT molecular complexity index is 511. The molecule has 2 aromatic rings. The molecular formula is C15H17NO2. The maximum atomic E-state index is 10.2. The van der Waals surface area contributed by atoms with Crippen molar-refractivity contribution in [3.05, 3.63) is 59.4 Å². The Labute approximate surface area is 107 Å². The number of benzene rings is 1. The lowest BCUT2D eigenvalue weighted by Crippen LogP contribution is -2.03. The summed E-state index contributed by atoms with van der Waals surface area (Å²) in [5, 5.41) is 10.2. The molecule has 94 valence electrons. The summed E-state index contributed by atoms with van der Waals surface area (Å²) in [6.07, 6.45) is 1.72. The number of nitrogens with zero attached hydrogens (tertiary/aromatic N) is 1. The van der Waals surface area contributed by atoms with Crippen LogP contribution >= 0.6 is 0 Å². The fraction of sp³-hybridized carbons (Fsp3) is 0.267. The summed E-state index contributed by atoms with van der Waals surface area (Å²) in [7, 11) is 1.65. The van der Waals surface area contributed by atoms with Crippen LogP contribution in [0.2, 0.25) is 0 Å². The smallest absolute Gasteiger partial charge is 0.121 e. The molecule has 1 aromatic heterocycles. The minimum absolute atomic E-state index is 0.520. The van der Waals surface area contributed by atoms with Crippen molar-refractivity contribution < 1.29 is 9.84 Å². The first kappa shape index (κ1) is 12.6. The lowest BCUT2D eigenvalue weighted by Gasteiger charge is -2.13. The number of rotatable bonds is 4. The van der Waals surface area contributed by atoms with E-state index >= 15 is 0 Å². The number of aliphatic hydroxyl groups is 1. The molecule has 3 nitrogen and oxygen atoms in total. The molecular weight excluding hydrogens is 226 g/mol. The largest absolute Gasteiger partial charge is 0.496 e. The quantitative estimate of drug-likeness (QED) is 0.897. The highest BCUT2D eigenvalue weighted by Crippen LogP contribution is 2.24. The monoisotopic (exact) mass is 243 g/mol. The summed E-state index contributed by atoms with van der Waals surface area (Å²) >= 11 is 0. The fourth-order valence-corrected chi connectivity index (χ4v) is 1.94. The van der Waals surface area contributed by atoms with Gasteiger partial charge in [0.25, 0.3) is 0 Å². The first-order valence-corrected chi connectivity index (χ1v) is 5.93. The fourth-order valence-electron chi connectivity index (χ4n) is 1.94. The average Bonchev–Trinajstić information content (AvgIpc) is 2.39. The predicted octanol–water partition coefficient (Wildman–Crippen LogP) is 2.67. The minimum Gasteiger partial charge on any atom is -0.496 e. The molecule has 18 heavy (non-hydrogen) atoms. The van der Waals surface area contributed by atoms with Crippen LogP contribution in [-0.4, -0.2) is 17.2 Å². The first-order valence-electron chi connectivity index (χ1n) is 5.93. The predicted molar refractivity (Wildman–Crippen MR) is 70.6 cm³/mol. The van der Waals surface area contributed by atoms with Gasteiger partial charge in [0, 0.05) is 18.3 Å². The highest BCUT2D eigenvalue weighted by molar-refractivity contribution is 5.37. The summed E-state index contributed by atoms with van der Waals surface area (Å²) in [5.41, 5.74) is 2.80. The maximum absolute atomic E-state index is 10.2. The Balaban J connectivity index is 2.14. The second-order valence-electron chi connectivity index (χ2n) is 4.27. The van der Waals surface area contributed by atoms with Gasteiger partial charge in [0.1, 0.15) is 5.75 Å². The number of ether oxygens (including phenoxy) is 1. The molecule has 1 heterocycles. The number of hydrogen-bond donors (Lipinski definition) is 1. The second-order valence-corrected chi connectivity index (χ2v) is 4.27. The third kappa shape index (κ3) is 2.87. The van der Waals surface area contributed by atoms with Crippen LogP contribution < -0.4 is 4.74 Å². The summed E-state index contributed by atoms with van der Waals surface area (Å²) in [5.74, 6) is 0.837. The van der Waals surface area contributed by atoms with Crippen molar-refractivity contribution in [2.45, 2.75) is 19.4 Å². The Morgan fingerprint density at radius 3 is 2.72 bits per heavy atom. The van der Waals surface area contributed by atoms with E-state index in [2.05, 4.69) is 4.98 Å². The Hall–Kier alpha value is -1.87. The van der Waals surface area contributed by atoms with Crippen LogP contribution in [0, 0.1) is 6.92 Å². The Kier molecular flexibility index (Phi) is 3.95. The van der Waals surface area contributed by atoms with Gasteiger partial charge in [-0.2, -0.15) is 0 Å². The van der Waals surface area contributed by atoms with Gasteiger partial charge < -0.3 is 9.84 Å². The van der Waals surface area contributed by atoms with Gasteiger partial charge in [0.05, 0.1) is 13.2 Å². The molecule has 0 fully saturated rings. The number of aryl methyl sites for hydroxylation is 1. The molecule has 0 saturated carbocycles. The molecule has 1 aromatic carbocycles. The lowest BCUT2D eigenvalue weighted by molar-refractivity contribution is 0.177. The van der Waals surface area contributed by atoms with Crippen LogP contribution in [0.15, 0.2) is 42.6 Å². The van der Waals surface area contributed by atoms with Gasteiger partial charge in [-0.25, -0.2) is 0 Å². The molecule has 0 amide bonds. The van der Waals surface area contributed by atoms with Gasteiger partial charge in [0.2, 0.25) is 0 Å². The first-order chi connectivity index (χ1) is 8.70. The van der Waals surface area contributed by atoms with Gasteiger partial charge in [-0.3, -0.25) is 4.98 Å². The van der Waals surface area contributed by atoms with Crippen LogP contribution in [0.25, 0.3) is 0 Å². The van der Waals surface area contributed by atoms with E-state index < -0.39 is 6.10 Å². The van der Waals surface area contributed by atoms with Crippen molar-refractivity contribution >= 4 is 0 Å². The van der Waals surface area contributed by atoms with Gasteiger partial charge >= 0.3 is 0 Å². The Morgan fingerprint density at radius 1 is 1.28 bits per heavy atom. The van der Waals surface area contributed by atoms with Crippen molar-refractivity contribution in [3.8, 4) is 5.75 Å². The van der Waals surface area contributed by atoms with Gasteiger partial charge in [-0.05, 0) is 42.3 Å². The van der Waals surface area contributed by atoms with Crippen LogP contribution in [0.5, 0.6) is 5.75 Å².